The molecule has 0 aliphatic heterocycles. The lowest BCUT2D eigenvalue weighted by Gasteiger charge is -2.10. The van der Waals surface area contributed by atoms with Crippen LogP contribution in [0.2, 0.25) is 0 Å². The van der Waals surface area contributed by atoms with Crippen molar-refractivity contribution in [2.24, 2.45) is 0 Å². The summed E-state index contributed by atoms with van der Waals surface area (Å²) in [5.41, 5.74) is -0.180. The predicted molar refractivity (Wildman–Crippen MR) is 69.1 cm³/mol. The Kier molecular flexibility index (Phi) is 3.95. The molecule has 1 atom stereocenters. The summed E-state index contributed by atoms with van der Waals surface area (Å²) in [6, 6.07) is 4.88. The van der Waals surface area contributed by atoms with Crippen molar-refractivity contribution >= 4 is 43.2 Å². The number of hydrogen-bond acceptors (Lipinski definition) is 1. The lowest BCUT2D eigenvalue weighted by molar-refractivity contribution is 0.528. The van der Waals surface area contributed by atoms with Crippen LogP contribution in [0.1, 0.15) is 15.3 Å². The fourth-order valence-corrected chi connectivity index (χ4v) is 3.68. The molecule has 1 unspecified atom stereocenters. The second-order valence-corrected chi connectivity index (χ2v) is 6.70. The van der Waals surface area contributed by atoms with Crippen LogP contribution in [0.4, 0.5) is 13.2 Å². The first-order valence-electron chi connectivity index (χ1n) is 4.53. The van der Waals surface area contributed by atoms with E-state index < -0.39 is 22.3 Å². The fourth-order valence-electron chi connectivity index (χ4n) is 1.40. The maximum atomic E-state index is 13.5. The molecule has 0 aliphatic carbocycles. The quantitative estimate of drug-likeness (QED) is 0.606. The molecule has 0 radical (unpaired) electrons. The molecule has 0 saturated carbocycles. The molecule has 0 nitrogen and oxygen atoms in total. The Hall–Kier alpha value is -0.330. The average molecular weight is 386 g/mol. The molecule has 6 heteroatoms. The number of hydrogen-bond donors (Lipinski definition) is 0. The van der Waals surface area contributed by atoms with Crippen molar-refractivity contribution in [3.8, 4) is 0 Å². The molecule has 0 spiro atoms. The first-order chi connectivity index (χ1) is 7.99. The zero-order valence-electron chi connectivity index (χ0n) is 8.18. The van der Waals surface area contributed by atoms with Gasteiger partial charge < -0.3 is 0 Å². The lowest BCUT2D eigenvalue weighted by Crippen LogP contribution is -2.00. The van der Waals surface area contributed by atoms with Crippen molar-refractivity contribution in [1.29, 1.82) is 0 Å². The molecule has 0 bridgehead atoms. The van der Waals surface area contributed by atoms with Gasteiger partial charge in [0.1, 0.15) is 17.5 Å². The summed E-state index contributed by atoms with van der Waals surface area (Å²) in [5.74, 6) is -2.71. The number of rotatable bonds is 2. The van der Waals surface area contributed by atoms with Gasteiger partial charge in [0.05, 0.1) is 8.61 Å². The second kappa shape index (κ2) is 5.12. The topological polar surface area (TPSA) is 0 Å². The standard InChI is InChI=1S/C11H5Br2F3S/c12-9-2-1-8(17-9)11(13)10-6(15)3-5(14)4-7(10)16/h1-4,11H. The molecule has 1 heterocycles. The molecule has 2 aromatic rings. The van der Waals surface area contributed by atoms with Crippen molar-refractivity contribution in [2.45, 2.75) is 4.83 Å². The molecule has 0 aliphatic rings. The molecule has 17 heavy (non-hydrogen) atoms. The van der Waals surface area contributed by atoms with E-state index in [0.717, 1.165) is 8.66 Å². The number of alkyl halides is 1. The molecule has 1 aromatic carbocycles. The molecule has 2 rings (SSSR count). The summed E-state index contributed by atoms with van der Waals surface area (Å²) in [6.45, 7) is 0. The van der Waals surface area contributed by atoms with Crippen molar-refractivity contribution in [2.75, 3.05) is 0 Å². The van der Waals surface area contributed by atoms with Crippen molar-refractivity contribution in [3.05, 3.63) is 55.9 Å². The zero-order chi connectivity index (χ0) is 12.6. The average Bonchev–Trinajstić information content (AvgIpc) is 2.63. The lowest BCUT2D eigenvalue weighted by atomic mass is 10.1. The Morgan fingerprint density at radius 1 is 1.06 bits per heavy atom. The van der Waals surface area contributed by atoms with Gasteiger partial charge >= 0.3 is 0 Å². The van der Waals surface area contributed by atoms with Crippen LogP contribution in [0.3, 0.4) is 0 Å². The molecular formula is C11H5Br2F3S. The maximum absolute atomic E-state index is 13.5. The molecule has 0 amide bonds. The molecule has 1 aromatic heterocycles. The highest BCUT2D eigenvalue weighted by atomic mass is 79.9. The molecule has 0 saturated heterocycles. The first-order valence-corrected chi connectivity index (χ1v) is 7.05. The van der Waals surface area contributed by atoms with E-state index in [1.54, 1.807) is 12.1 Å². The summed E-state index contributed by atoms with van der Waals surface area (Å²) in [5, 5.41) is 0. The van der Waals surface area contributed by atoms with Crippen LogP contribution >= 0.6 is 43.2 Å². The van der Waals surface area contributed by atoms with Gasteiger partial charge in [-0.1, -0.05) is 15.9 Å². The summed E-state index contributed by atoms with van der Waals surface area (Å²) in [7, 11) is 0. The minimum atomic E-state index is -0.921. The minimum Gasteiger partial charge on any atom is -0.207 e. The summed E-state index contributed by atoms with van der Waals surface area (Å²) >= 11 is 7.85. The SMILES string of the molecule is Fc1cc(F)c(C(Br)c2ccc(Br)s2)c(F)c1. The van der Waals surface area contributed by atoms with Crippen LogP contribution in [-0.2, 0) is 0 Å². The Balaban J connectivity index is 2.47. The third kappa shape index (κ3) is 2.74. The van der Waals surface area contributed by atoms with E-state index in [-0.39, 0.29) is 5.56 Å². The Labute approximate surface area is 117 Å². The Morgan fingerprint density at radius 2 is 1.65 bits per heavy atom. The smallest absolute Gasteiger partial charge is 0.133 e. The van der Waals surface area contributed by atoms with Crippen molar-refractivity contribution in [3.63, 3.8) is 0 Å². The van der Waals surface area contributed by atoms with E-state index in [4.69, 9.17) is 0 Å². The highest BCUT2D eigenvalue weighted by molar-refractivity contribution is 9.11. The second-order valence-electron chi connectivity index (χ2n) is 3.29. The van der Waals surface area contributed by atoms with Gasteiger partial charge in [-0.05, 0) is 28.1 Å². The van der Waals surface area contributed by atoms with E-state index in [1.165, 1.54) is 11.3 Å². The first kappa shape index (κ1) is 13.1. The monoisotopic (exact) mass is 384 g/mol. The van der Waals surface area contributed by atoms with Crippen molar-refractivity contribution < 1.29 is 13.2 Å². The predicted octanol–water partition coefficient (Wildman–Crippen LogP) is 5.41. The van der Waals surface area contributed by atoms with Gasteiger partial charge in [0.2, 0.25) is 0 Å². The van der Waals surface area contributed by atoms with Gasteiger partial charge in [-0.3, -0.25) is 0 Å². The van der Waals surface area contributed by atoms with Crippen LogP contribution in [0.5, 0.6) is 0 Å². The third-order valence-electron chi connectivity index (χ3n) is 2.14. The fraction of sp³-hybridized carbons (Fsp3) is 0.0909. The largest absolute Gasteiger partial charge is 0.207 e. The Bertz CT molecular complexity index is 530. The molecule has 90 valence electrons. The number of halogens is 5. The highest BCUT2D eigenvalue weighted by Crippen LogP contribution is 2.39. The third-order valence-corrected chi connectivity index (χ3v) is 5.08. The van der Waals surface area contributed by atoms with Crippen LogP contribution < -0.4 is 0 Å². The van der Waals surface area contributed by atoms with Gasteiger partial charge in [0.15, 0.2) is 0 Å². The number of benzene rings is 1. The summed E-state index contributed by atoms with van der Waals surface area (Å²) < 4.78 is 40.7. The van der Waals surface area contributed by atoms with Gasteiger partial charge in [0.25, 0.3) is 0 Å². The van der Waals surface area contributed by atoms with Gasteiger partial charge in [-0.2, -0.15) is 0 Å². The Morgan fingerprint density at radius 3 is 2.12 bits per heavy atom. The van der Waals surface area contributed by atoms with Gasteiger partial charge in [0, 0.05) is 22.6 Å². The zero-order valence-corrected chi connectivity index (χ0v) is 12.2. The van der Waals surface area contributed by atoms with E-state index in [2.05, 4.69) is 31.9 Å². The summed E-state index contributed by atoms with van der Waals surface area (Å²) in [6.07, 6.45) is 0. The molecular weight excluding hydrogens is 381 g/mol. The van der Waals surface area contributed by atoms with Gasteiger partial charge in [-0.15, -0.1) is 11.3 Å². The van der Waals surface area contributed by atoms with E-state index in [9.17, 15) is 13.2 Å². The minimum absolute atomic E-state index is 0.180. The van der Waals surface area contributed by atoms with E-state index in [1.807, 2.05) is 0 Å². The van der Waals surface area contributed by atoms with Crippen LogP contribution in [0, 0.1) is 17.5 Å². The molecule has 0 N–H and O–H groups in total. The van der Waals surface area contributed by atoms with Gasteiger partial charge in [-0.25, -0.2) is 13.2 Å². The molecule has 0 fully saturated rings. The van der Waals surface area contributed by atoms with Crippen LogP contribution in [-0.4, -0.2) is 0 Å². The van der Waals surface area contributed by atoms with E-state index >= 15 is 0 Å². The highest BCUT2D eigenvalue weighted by Gasteiger charge is 2.21. The van der Waals surface area contributed by atoms with Crippen LogP contribution in [0.25, 0.3) is 0 Å². The van der Waals surface area contributed by atoms with Crippen molar-refractivity contribution in [1.82, 2.24) is 0 Å². The van der Waals surface area contributed by atoms with Crippen LogP contribution in [0.15, 0.2) is 28.1 Å². The summed E-state index contributed by atoms with van der Waals surface area (Å²) in [4.78, 5) is 0.112. The maximum Gasteiger partial charge on any atom is 0.133 e. The normalized spacial score (nSPS) is 12.8. The number of thiophene rings is 1. The van der Waals surface area contributed by atoms with E-state index in [0.29, 0.717) is 12.1 Å².